The molecule has 1 atom stereocenters. The fraction of sp³-hybridized carbons (Fsp3) is 0.500. The van der Waals surface area contributed by atoms with Crippen molar-refractivity contribution in [3.8, 4) is 6.07 Å². The number of nitro groups is 1. The minimum absolute atomic E-state index is 0.0910. The van der Waals surface area contributed by atoms with E-state index in [4.69, 9.17) is 23.2 Å². The first-order valence-corrected chi connectivity index (χ1v) is 12.4. The molecule has 180 valence electrons. The number of rotatable bonds is 6. The lowest BCUT2D eigenvalue weighted by Crippen LogP contribution is -2.58. The highest BCUT2D eigenvalue weighted by molar-refractivity contribution is 6.33. The molecule has 0 saturated carbocycles. The SMILES string of the molecule is CC[C@H]1CN(c2ncc([N+](=O)[O-])cc2Cl)CCN1C1CCN(Cc2ccc(Cl)cc2C#N)CC1. The van der Waals surface area contributed by atoms with Crippen molar-refractivity contribution in [2.45, 2.75) is 44.8 Å². The molecule has 8 nitrogen and oxygen atoms in total. The molecule has 0 N–H and O–H groups in total. The molecule has 34 heavy (non-hydrogen) atoms. The van der Waals surface area contributed by atoms with Crippen molar-refractivity contribution < 1.29 is 4.92 Å². The lowest BCUT2D eigenvalue weighted by atomic mass is 9.97. The number of nitriles is 1. The highest BCUT2D eigenvalue weighted by Crippen LogP contribution is 2.31. The number of benzene rings is 1. The van der Waals surface area contributed by atoms with Gasteiger partial charge in [0.05, 0.1) is 21.6 Å². The van der Waals surface area contributed by atoms with Gasteiger partial charge >= 0.3 is 0 Å². The van der Waals surface area contributed by atoms with Crippen LogP contribution in [-0.4, -0.2) is 64.5 Å². The van der Waals surface area contributed by atoms with E-state index in [1.54, 1.807) is 6.07 Å². The smallest absolute Gasteiger partial charge is 0.289 e. The number of piperidine rings is 1. The van der Waals surface area contributed by atoms with Gasteiger partial charge in [-0.3, -0.25) is 19.9 Å². The lowest BCUT2D eigenvalue weighted by molar-refractivity contribution is -0.385. The summed E-state index contributed by atoms with van der Waals surface area (Å²) < 4.78 is 0. The quantitative estimate of drug-likeness (QED) is 0.416. The molecule has 4 rings (SSSR count). The van der Waals surface area contributed by atoms with Gasteiger partial charge in [-0.1, -0.05) is 36.2 Å². The minimum Gasteiger partial charge on any atom is -0.353 e. The van der Waals surface area contributed by atoms with Crippen LogP contribution in [0.1, 0.15) is 37.3 Å². The molecule has 1 aromatic heterocycles. The minimum atomic E-state index is -0.476. The summed E-state index contributed by atoms with van der Waals surface area (Å²) in [6, 6.07) is 10.1. The number of aromatic nitrogens is 1. The Labute approximate surface area is 209 Å². The largest absolute Gasteiger partial charge is 0.353 e. The van der Waals surface area contributed by atoms with Crippen molar-refractivity contribution >= 4 is 34.7 Å². The third-order valence-corrected chi connectivity index (χ3v) is 7.44. The molecular formula is C24H28Cl2N6O2. The number of piperazine rings is 1. The highest BCUT2D eigenvalue weighted by Gasteiger charge is 2.34. The fourth-order valence-corrected chi connectivity index (χ4v) is 5.55. The number of pyridine rings is 1. The van der Waals surface area contributed by atoms with Gasteiger partial charge in [-0.2, -0.15) is 5.26 Å². The fourth-order valence-electron chi connectivity index (χ4n) is 5.10. The Balaban J connectivity index is 1.35. The number of halogens is 2. The molecule has 0 unspecified atom stereocenters. The topological polar surface area (TPSA) is 89.5 Å². The maximum absolute atomic E-state index is 11.0. The van der Waals surface area contributed by atoms with Crippen LogP contribution in [0.4, 0.5) is 11.5 Å². The Morgan fingerprint density at radius 3 is 2.62 bits per heavy atom. The van der Waals surface area contributed by atoms with Crippen LogP contribution < -0.4 is 4.90 Å². The standard InChI is InChI=1S/C24H28Cl2N6O2/c1-2-20-16-30(24-23(26)12-22(14-28-24)32(33)34)9-10-31(20)21-5-7-29(8-6-21)15-17-3-4-19(25)11-18(17)13-27/h3-4,11-12,14,20-21H,2,5-10,15-16H2,1H3/t20-/m0/s1. The molecule has 0 amide bonds. The van der Waals surface area contributed by atoms with Crippen molar-refractivity contribution in [2.75, 3.05) is 37.6 Å². The Bertz CT molecular complexity index is 1080. The van der Waals surface area contributed by atoms with Crippen molar-refractivity contribution in [2.24, 2.45) is 0 Å². The summed E-state index contributed by atoms with van der Waals surface area (Å²) in [7, 11) is 0. The molecular weight excluding hydrogens is 475 g/mol. The average Bonchev–Trinajstić information content (AvgIpc) is 2.85. The van der Waals surface area contributed by atoms with Crippen molar-refractivity contribution in [3.05, 3.63) is 61.7 Å². The van der Waals surface area contributed by atoms with Crippen LogP contribution >= 0.6 is 23.2 Å². The van der Waals surface area contributed by atoms with Gasteiger partial charge in [0, 0.05) is 49.4 Å². The zero-order valence-electron chi connectivity index (χ0n) is 19.2. The van der Waals surface area contributed by atoms with Crippen LogP contribution in [0.2, 0.25) is 10.0 Å². The summed E-state index contributed by atoms with van der Waals surface area (Å²) in [4.78, 5) is 22.0. The number of anilines is 1. The molecule has 2 aliphatic heterocycles. The van der Waals surface area contributed by atoms with Gasteiger partial charge in [-0.05, 0) is 50.0 Å². The zero-order valence-corrected chi connectivity index (χ0v) is 20.7. The first-order chi connectivity index (χ1) is 16.4. The second kappa shape index (κ2) is 10.9. The van der Waals surface area contributed by atoms with Crippen LogP contribution in [0.25, 0.3) is 0 Å². The van der Waals surface area contributed by atoms with Gasteiger partial charge in [-0.25, -0.2) is 4.98 Å². The van der Waals surface area contributed by atoms with Crippen LogP contribution in [0, 0.1) is 21.4 Å². The summed E-state index contributed by atoms with van der Waals surface area (Å²) in [6.45, 7) is 7.45. The number of nitrogens with zero attached hydrogens (tertiary/aromatic N) is 6. The predicted molar refractivity (Wildman–Crippen MR) is 133 cm³/mol. The monoisotopic (exact) mass is 502 g/mol. The molecule has 2 saturated heterocycles. The van der Waals surface area contributed by atoms with E-state index < -0.39 is 4.92 Å². The summed E-state index contributed by atoms with van der Waals surface area (Å²) in [5.74, 6) is 0.622. The average molecular weight is 503 g/mol. The summed E-state index contributed by atoms with van der Waals surface area (Å²) >= 11 is 12.4. The molecule has 2 fully saturated rings. The third kappa shape index (κ3) is 5.44. The molecule has 1 aromatic carbocycles. The van der Waals surface area contributed by atoms with Crippen LogP contribution in [0.15, 0.2) is 30.5 Å². The van der Waals surface area contributed by atoms with Gasteiger partial charge in [0.15, 0.2) is 0 Å². The second-order valence-corrected chi connectivity index (χ2v) is 9.77. The van der Waals surface area contributed by atoms with E-state index in [0.29, 0.717) is 33.5 Å². The summed E-state index contributed by atoms with van der Waals surface area (Å²) in [5.41, 5.74) is 1.58. The summed E-state index contributed by atoms with van der Waals surface area (Å²) in [5, 5.41) is 21.3. The predicted octanol–water partition coefficient (Wildman–Crippen LogP) is 4.73. The van der Waals surface area contributed by atoms with E-state index in [1.165, 1.54) is 12.3 Å². The molecule has 2 aliphatic rings. The van der Waals surface area contributed by atoms with E-state index >= 15 is 0 Å². The van der Waals surface area contributed by atoms with Gasteiger partial charge in [0.1, 0.15) is 12.0 Å². The molecule has 2 aromatic rings. The van der Waals surface area contributed by atoms with E-state index in [1.807, 2.05) is 12.1 Å². The van der Waals surface area contributed by atoms with Crippen molar-refractivity contribution in [1.82, 2.24) is 14.8 Å². The lowest BCUT2D eigenvalue weighted by Gasteiger charge is -2.47. The van der Waals surface area contributed by atoms with Crippen LogP contribution in [-0.2, 0) is 6.54 Å². The highest BCUT2D eigenvalue weighted by atomic mass is 35.5. The van der Waals surface area contributed by atoms with Crippen LogP contribution in [0.5, 0.6) is 0 Å². The summed E-state index contributed by atoms with van der Waals surface area (Å²) in [6.07, 6.45) is 4.46. The molecule has 3 heterocycles. The van der Waals surface area contributed by atoms with Gasteiger partial charge in [0.25, 0.3) is 5.69 Å². The molecule has 0 spiro atoms. The van der Waals surface area contributed by atoms with Gasteiger partial charge in [-0.15, -0.1) is 0 Å². The Kier molecular flexibility index (Phi) is 7.89. The molecule has 0 bridgehead atoms. The first kappa shape index (κ1) is 24.7. The number of hydrogen-bond acceptors (Lipinski definition) is 7. The van der Waals surface area contributed by atoms with Crippen molar-refractivity contribution in [1.29, 1.82) is 5.26 Å². The Morgan fingerprint density at radius 1 is 1.21 bits per heavy atom. The van der Waals surface area contributed by atoms with Gasteiger partial charge < -0.3 is 4.90 Å². The van der Waals surface area contributed by atoms with E-state index in [2.05, 4.69) is 32.7 Å². The number of hydrogen-bond donors (Lipinski definition) is 0. The molecule has 10 heteroatoms. The maximum Gasteiger partial charge on any atom is 0.289 e. The Morgan fingerprint density at radius 2 is 1.97 bits per heavy atom. The second-order valence-electron chi connectivity index (χ2n) is 8.92. The molecule has 0 aliphatic carbocycles. The van der Waals surface area contributed by atoms with E-state index in [0.717, 1.165) is 64.1 Å². The maximum atomic E-state index is 11.0. The van der Waals surface area contributed by atoms with Crippen molar-refractivity contribution in [3.63, 3.8) is 0 Å². The normalized spacial score (nSPS) is 20.3. The third-order valence-electron chi connectivity index (χ3n) is 6.93. The van der Waals surface area contributed by atoms with E-state index in [-0.39, 0.29) is 5.69 Å². The Hall–Kier alpha value is -2.44. The van der Waals surface area contributed by atoms with Gasteiger partial charge in [0.2, 0.25) is 0 Å². The zero-order chi connectivity index (χ0) is 24.2. The first-order valence-electron chi connectivity index (χ1n) is 11.6. The molecule has 0 radical (unpaired) electrons. The van der Waals surface area contributed by atoms with E-state index in [9.17, 15) is 15.4 Å². The number of likely N-dealkylation sites (tertiary alicyclic amines) is 1. The van der Waals surface area contributed by atoms with Crippen LogP contribution in [0.3, 0.4) is 0 Å².